The van der Waals surface area contributed by atoms with Crippen molar-refractivity contribution in [2.75, 3.05) is 13.2 Å². The molecule has 1 aromatic rings. The van der Waals surface area contributed by atoms with Crippen molar-refractivity contribution in [3.8, 4) is 0 Å². The largest absolute Gasteiger partial charge is 0.389 e. The number of hydrogen-bond acceptors (Lipinski definition) is 4. The highest BCUT2D eigenvalue weighted by atomic mass is 35.5. The Hall–Kier alpha value is -0.130. The van der Waals surface area contributed by atoms with E-state index < -0.39 is 6.10 Å². The fourth-order valence-corrected chi connectivity index (χ4v) is 6.25. The maximum atomic E-state index is 10.3. The zero-order valence-electron chi connectivity index (χ0n) is 14.4. The summed E-state index contributed by atoms with van der Waals surface area (Å²) in [6.07, 6.45) is 7.62. The van der Waals surface area contributed by atoms with Gasteiger partial charge in [-0.2, -0.15) is 0 Å². The van der Waals surface area contributed by atoms with Crippen molar-refractivity contribution in [1.82, 2.24) is 5.32 Å². The van der Waals surface area contributed by atoms with Gasteiger partial charge in [0.2, 0.25) is 0 Å². The molecule has 24 heavy (non-hydrogen) atoms. The summed E-state index contributed by atoms with van der Waals surface area (Å²) in [4.78, 5) is 1.32. The van der Waals surface area contributed by atoms with Gasteiger partial charge in [0.25, 0.3) is 0 Å². The number of ether oxygens (including phenoxy) is 1. The normalized spacial score (nSPS) is 36.3. The van der Waals surface area contributed by atoms with Crippen LogP contribution in [0.5, 0.6) is 0 Å². The van der Waals surface area contributed by atoms with E-state index in [9.17, 15) is 5.11 Å². The number of thiophene rings is 1. The maximum Gasteiger partial charge on any atom is 0.0898 e. The summed E-state index contributed by atoms with van der Waals surface area (Å²) in [5.74, 6) is 2.70. The smallest absolute Gasteiger partial charge is 0.0898 e. The minimum absolute atomic E-state index is 0. The van der Waals surface area contributed by atoms with Crippen LogP contribution in [0, 0.1) is 17.8 Å². The summed E-state index contributed by atoms with van der Waals surface area (Å²) in [6.45, 7) is 3.24. The second kappa shape index (κ2) is 7.63. The molecule has 0 saturated heterocycles. The first-order valence-electron chi connectivity index (χ1n) is 9.21. The van der Waals surface area contributed by atoms with Crippen molar-refractivity contribution in [1.29, 1.82) is 0 Å². The van der Waals surface area contributed by atoms with Gasteiger partial charge in [0.1, 0.15) is 0 Å². The van der Waals surface area contributed by atoms with Gasteiger partial charge in [0.15, 0.2) is 0 Å². The van der Waals surface area contributed by atoms with Crippen molar-refractivity contribution >= 4 is 23.7 Å². The van der Waals surface area contributed by atoms with Crippen LogP contribution in [-0.2, 0) is 4.74 Å². The molecule has 1 aromatic heterocycles. The molecule has 0 aliphatic heterocycles. The molecule has 0 amide bonds. The van der Waals surface area contributed by atoms with Crippen LogP contribution in [0.25, 0.3) is 0 Å². The molecular formula is C19H30ClNO2S. The van der Waals surface area contributed by atoms with Crippen LogP contribution >= 0.6 is 23.7 Å². The Kier molecular flexibility index (Phi) is 5.93. The highest BCUT2D eigenvalue weighted by molar-refractivity contribution is 7.10. The molecule has 0 radical (unpaired) electrons. The third kappa shape index (κ3) is 3.99. The van der Waals surface area contributed by atoms with Gasteiger partial charge in [-0.25, -0.2) is 0 Å². The Balaban J connectivity index is 0.00000169. The molecule has 136 valence electrons. The zero-order chi connectivity index (χ0) is 15.9. The molecule has 2 atom stereocenters. The lowest BCUT2D eigenvalue weighted by Gasteiger charge is -2.56. The van der Waals surface area contributed by atoms with Crippen molar-refractivity contribution in [3.05, 3.63) is 22.4 Å². The number of rotatable bonds is 7. The Morgan fingerprint density at radius 2 is 1.88 bits per heavy atom. The zero-order valence-corrected chi connectivity index (χ0v) is 16.1. The van der Waals surface area contributed by atoms with Crippen LogP contribution in [0.4, 0.5) is 0 Å². The number of hydrogen-bond donors (Lipinski definition) is 2. The molecule has 5 heteroatoms. The van der Waals surface area contributed by atoms with Crippen LogP contribution in [-0.4, -0.2) is 30.0 Å². The topological polar surface area (TPSA) is 41.5 Å². The fraction of sp³-hybridized carbons (Fsp3) is 0.789. The molecule has 4 aliphatic rings. The number of halogens is 1. The second-order valence-electron chi connectivity index (χ2n) is 8.21. The first kappa shape index (κ1) is 18.7. The molecule has 1 heterocycles. The van der Waals surface area contributed by atoms with E-state index in [1.165, 1.54) is 43.4 Å². The average molecular weight is 372 g/mol. The van der Waals surface area contributed by atoms with Crippen molar-refractivity contribution in [3.63, 3.8) is 0 Å². The van der Waals surface area contributed by atoms with Gasteiger partial charge in [0.05, 0.1) is 18.3 Å². The van der Waals surface area contributed by atoms with Crippen molar-refractivity contribution in [2.24, 2.45) is 17.8 Å². The lowest BCUT2D eigenvalue weighted by Crippen LogP contribution is -2.53. The number of aliphatic hydroxyl groups excluding tert-OH is 1. The van der Waals surface area contributed by atoms with E-state index >= 15 is 0 Å². The highest BCUT2D eigenvalue weighted by Gasteiger charge is 2.51. The van der Waals surface area contributed by atoms with Gasteiger partial charge in [-0.05, 0) is 74.6 Å². The van der Waals surface area contributed by atoms with Crippen molar-refractivity contribution < 1.29 is 9.84 Å². The molecule has 3 nitrogen and oxygen atoms in total. The summed E-state index contributed by atoms with van der Waals surface area (Å²) >= 11 is 1.76. The molecule has 4 aliphatic carbocycles. The van der Waals surface area contributed by atoms with Gasteiger partial charge in [-0.1, -0.05) is 6.07 Å². The molecule has 4 bridgehead atoms. The molecular weight excluding hydrogens is 342 g/mol. The first-order valence-corrected chi connectivity index (χ1v) is 10.1. The molecule has 2 N–H and O–H groups in total. The van der Waals surface area contributed by atoms with E-state index in [0.29, 0.717) is 19.2 Å². The quantitative estimate of drug-likeness (QED) is 0.755. The van der Waals surface area contributed by atoms with Gasteiger partial charge in [-0.3, -0.25) is 0 Å². The third-order valence-electron chi connectivity index (χ3n) is 6.19. The van der Waals surface area contributed by atoms with E-state index in [1.807, 2.05) is 0 Å². The summed E-state index contributed by atoms with van der Waals surface area (Å²) in [5.41, 5.74) is 0.106. The molecule has 4 saturated carbocycles. The molecule has 4 fully saturated rings. The fourth-order valence-electron chi connectivity index (χ4n) is 5.49. The minimum atomic E-state index is -0.412. The monoisotopic (exact) mass is 371 g/mol. The molecule has 0 aromatic carbocycles. The Labute approximate surface area is 155 Å². The summed E-state index contributed by atoms with van der Waals surface area (Å²) in [7, 11) is 0. The van der Waals surface area contributed by atoms with E-state index in [2.05, 4.69) is 29.8 Å². The first-order chi connectivity index (χ1) is 11.1. The second-order valence-corrected chi connectivity index (χ2v) is 9.19. The van der Waals surface area contributed by atoms with E-state index in [-0.39, 0.29) is 18.0 Å². The number of aliphatic hydroxyl groups is 1. The third-order valence-corrected chi connectivity index (χ3v) is 7.25. The van der Waals surface area contributed by atoms with Crippen LogP contribution in [0.2, 0.25) is 0 Å². The lowest BCUT2D eigenvalue weighted by atomic mass is 9.54. The van der Waals surface area contributed by atoms with E-state index in [0.717, 1.165) is 17.8 Å². The van der Waals surface area contributed by atoms with Crippen LogP contribution in [0.15, 0.2) is 17.5 Å². The van der Waals surface area contributed by atoms with Crippen molar-refractivity contribution in [2.45, 2.75) is 63.2 Å². The highest BCUT2D eigenvalue weighted by Crippen LogP contribution is 2.57. The van der Waals surface area contributed by atoms with E-state index in [1.54, 1.807) is 11.3 Å². The summed E-state index contributed by atoms with van der Waals surface area (Å²) in [5, 5.41) is 15.8. The minimum Gasteiger partial charge on any atom is -0.389 e. The molecule has 0 spiro atoms. The Morgan fingerprint density at radius 1 is 1.25 bits per heavy atom. The Morgan fingerprint density at radius 3 is 2.42 bits per heavy atom. The standard InChI is InChI=1S/C19H29NO2S.ClH/c1-13(18-3-2-4-23-18)20-11-17(21)12-22-19-8-14-5-15(9-19)7-16(6-14)10-19;/h2-4,13-17,20-21H,5-12H2,1H3;1H. The average Bonchev–Trinajstić information content (AvgIpc) is 3.04. The van der Waals surface area contributed by atoms with E-state index in [4.69, 9.17) is 4.74 Å². The van der Waals surface area contributed by atoms with Gasteiger partial charge >= 0.3 is 0 Å². The predicted octanol–water partition coefficient (Wildman–Crippen LogP) is 4.17. The summed E-state index contributed by atoms with van der Waals surface area (Å²) in [6, 6.07) is 4.51. The van der Waals surface area contributed by atoms with Crippen LogP contribution in [0.1, 0.15) is 56.4 Å². The van der Waals surface area contributed by atoms with Gasteiger partial charge < -0.3 is 15.2 Å². The molecule has 2 unspecified atom stereocenters. The predicted molar refractivity (Wildman–Crippen MR) is 101 cm³/mol. The number of nitrogens with one attached hydrogen (secondary N) is 1. The Bertz CT molecular complexity index is 486. The summed E-state index contributed by atoms with van der Waals surface area (Å²) < 4.78 is 6.34. The SMILES string of the molecule is CC(NCC(O)COC12CC3CC(CC(C3)C1)C2)c1cccs1.Cl. The van der Waals surface area contributed by atoms with Crippen LogP contribution in [0.3, 0.4) is 0 Å². The van der Waals surface area contributed by atoms with Crippen LogP contribution < -0.4 is 5.32 Å². The maximum absolute atomic E-state index is 10.3. The van der Waals surface area contributed by atoms with Gasteiger partial charge in [0, 0.05) is 17.5 Å². The molecule has 5 rings (SSSR count). The van der Waals surface area contributed by atoms with Gasteiger partial charge in [-0.15, -0.1) is 23.7 Å². The lowest BCUT2D eigenvalue weighted by molar-refractivity contribution is -0.174.